The van der Waals surface area contributed by atoms with Crippen molar-refractivity contribution >= 4 is 12.4 Å². The average Bonchev–Trinajstić information content (AvgIpc) is 2.17. The fraction of sp³-hybridized carbons (Fsp3) is 0.538. The lowest BCUT2D eigenvalue weighted by molar-refractivity contribution is 0.505. The highest BCUT2D eigenvalue weighted by atomic mass is 35.5. The maximum Gasteiger partial charge on any atom is -0.0140 e. The van der Waals surface area contributed by atoms with Crippen LogP contribution in [0.3, 0.4) is 0 Å². The lowest BCUT2D eigenvalue weighted by Gasteiger charge is -2.13. The Kier molecular flexibility index (Phi) is 7.45. The number of fused-ring (bicyclic) bond motifs is 1. The Morgan fingerprint density at radius 3 is 1.53 bits per heavy atom. The summed E-state index contributed by atoms with van der Waals surface area (Å²) in [6.07, 6.45) is 5.38. The molecule has 0 unspecified atom stereocenters. The van der Waals surface area contributed by atoms with Gasteiger partial charge in [0.05, 0.1) is 0 Å². The molecule has 1 nitrogen and oxygen atoms in total. The molecule has 0 aliphatic heterocycles. The second-order valence-corrected chi connectivity index (χ2v) is 4.32. The number of hydrogen-bond donors (Lipinski definition) is 0. The Hall–Kier alpha value is -0.530. The summed E-state index contributed by atoms with van der Waals surface area (Å²) >= 11 is 0. The Morgan fingerprint density at radius 1 is 0.867 bits per heavy atom. The van der Waals surface area contributed by atoms with E-state index in [0.717, 1.165) is 0 Å². The van der Waals surface area contributed by atoms with Crippen LogP contribution in [0.25, 0.3) is 0 Å². The van der Waals surface area contributed by atoms with Crippen LogP contribution in [0.5, 0.6) is 0 Å². The van der Waals surface area contributed by atoms with E-state index < -0.39 is 0 Å². The molecule has 0 fully saturated rings. The number of hydrogen-bond acceptors (Lipinski definition) is 1. The Balaban J connectivity index is 0.000000346. The van der Waals surface area contributed by atoms with Crippen LogP contribution in [0.15, 0.2) is 24.3 Å². The van der Waals surface area contributed by atoms with Gasteiger partial charge in [0.25, 0.3) is 0 Å². The van der Waals surface area contributed by atoms with Gasteiger partial charge in [0.1, 0.15) is 0 Å². The molecule has 0 saturated carbocycles. The molecule has 0 spiro atoms. The molecule has 0 atom stereocenters. The van der Waals surface area contributed by atoms with Gasteiger partial charge in [-0.1, -0.05) is 24.3 Å². The molecule has 0 saturated heterocycles. The molecule has 0 bridgehead atoms. The zero-order valence-corrected chi connectivity index (χ0v) is 10.8. The van der Waals surface area contributed by atoms with E-state index in [-0.39, 0.29) is 12.4 Å². The lowest BCUT2D eigenvalue weighted by Crippen LogP contribution is -2.00. The summed E-state index contributed by atoms with van der Waals surface area (Å²) in [5.74, 6) is 0. The number of rotatable bonds is 0. The van der Waals surface area contributed by atoms with E-state index in [4.69, 9.17) is 0 Å². The minimum Gasteiger partial charge on any atom is -0.312 e. The van der Waals surface area contributed by atoms with Crippen molar-refractivity contribution in [2.75, 3.05) is 21.1 Å². The molecule has 15 heavy (non-hydrogen) atoms. The molecule has 0 N–H and O–H groups in total. The van der Waals surface area contributed by atoms with Crippen LogP contribution in [0.1, 0.15) is 24.0 Å². The van der Waals surface area contributed by atoms with E-state index >= 15 is 0 Å². The minimum absolute atomic E-state index is 0. The van der Waals surface area contributed by atoms with Crippen molar-refractivity contribution in [1.82, 2.24) is 4.90 Å². The maximum atomic E-state index is 2.26. The predicted molar refractivity (Wildman–Crippen MR) is 69.9 cm³/mol. The van der Waals surface area contributed by atoms with Crippen molar-refractivity contribution in [3.63, 3.8) is 0 Å². The van der Waals surface area contributed by atoms with E-state index in [9.17, 15) is 0 Å². The van der Waals surface area contributed by atoms with Crippen molar-refractivity contribution in [3.05, 3.63) is 35.4 Å². The van der Waals surface area contributed by atoms with Crippen LogP contribution >= 0.6 is 12.4 Å². The van der Waals surface area contributed by atoms with Gasteiger partial charge in [0.2, 0.25) is 0 Å². The molecule has 0 heterocycles. The van der Waals surface area contributed by atoms with Gasteiger partial charge in [-0.2, -0.15) is 0 Å². The number of nitrogens with zero attached hydrogens (tertiary/aromatic N) is 1. The van der Waals surface area contributed by atoms with Gasteiger partial charge in [-0.25, -0.2) is 0 Å². The summed E-state index contributed by atoms with van der Waals surface area (Å²) in [6.45, 7) is 0. The largest absolute Gasteiger partial charge is 0.312 e. The molecule has 2 rings (SSSR count). The van der Waals surface area contributed by atoms with Crippen LogP contribution in [0.4, 0.5) is 0 Å². The second-order valence-electron chi connectivity index (χ2n) is 4.32. The Morgan fingerprint density at radius 2 is 1.20 bits per heavy atom. The predicted octanol–water partition coefficient (Wildman–Crippen LogP) is 3.17. The molecule has 2 heteroatoms. The first kappa shape index (κ1) is 14.5. The minimum atomic E-state index is 0. The Labute approximate surface area is 99.9 Å². The zero-order valence-electron chi connectivity index (χ0n) is 9.99. The second kappa shape index (κ2) is 7.72. The summed E-state index contributed by atoms with van der Waals surface area (Å²) in [5, 5.41) is 0. The molecule has 0 radical (unpaired) electrons. The molecule has 1 aromatic rings. The molecular weight excluding hydrogens is 206 g/mol. The summed E-state index contributed by atoms with van der Waals surface area (Å²) in [6, 6.07) is 8.80. The van der Waals surface area contributed by atoms with E-state index in [2.05, 4.69) is 24.3 Å². The van der Waals surface area contributed by atoms with Gasteiger partial charge in [-0.15, -0.1) is 12.4 Å². The maximum absolute atomic E-state index is 2.26. The van der Waals surface area contributed by atoms with Crippen molar-refractivity contribution in [3.8, 4) is 0 Å². The summed E-state index contributed by atoms with van der Waals surface area (Å²) in [4.78, 5) is 2.00. The summed E-state index contributed by atoms with van der Waals surface area (Å²) < 4.78 is 0. The van der Waals surface area contributed by atoms with Gasteiger partial charge >= 0.3 is 0 Å². The van der Waals surface area contributed by atoms with Crippen molar-refractivity contribution < 1.29 is 0 Å². The highest BCUT2D eigenvalue weighted by molar-refractivity contribution is 5.85. The molecular formula is C13H22ClN. The Bertz CT molecular complexity index is 243. The molecule has 1 aliphatic rings. The number of halogens is 1. The fourth-order valence-corrected chi connectivity index (χ4v) is 1.68. The third-order valence-electron chi connectivity index (χ3n) is 2.26. The molecule has 0 aromatic heterocycles. The van der Waals surface area contributed by atoms with Gasteiger partial charge in [-0.3, -0.25) is 0 Å². The number of aryl methyl sites for hydroxylation is 2. The van der Waals surface area contributed by atoms with Crippen LogP contribution in [0, 0.1) is 0 Å². The topological polar surface area (TPSA) is 3.24 Å². The highest BCUT2D eigenvalue weighted by Gasteiger charge is 2.05. The van der Waals surface area contributed by atoms with Crippen molar-refractivity contribution in [2.24, 2.45) is 0 Å². The van der Waals surface area contributed by atoms with E-state index in [1.54, 1.807) is 11.1 Å². The number of benzene rings is 1. The third kappa shape index (κ3) is 5.81. The van der Waals surface area contributed by atoms with Crippen LogP contribution in [0.2, 0.25) is 0 Å². The average molecular weight is 228 g/mol. The standard InChI is InChI=1S/C10H12.C3H9N.ClH/c1-2-6-10-8-4-3-7-9(10)5-1;1-4(2)3;/h1-2,5-6H,3-4,7-8H2;1-3H3;1H. The van der Waals surface area contributed by atoms with E-state index in [0.29, 0.717) is 0 Å². The first-order valence-electron chi connectivity index (χ1n) is 5.38. The third-order valence-corrected chi connectivity index (χ3v) is 2.26. The van der Waals surface area contributed by atoms with Crippen molar-refractivity contribution in [1.29, 1.82) is 0 Å². The SMILES string of the molecule is CN(C)C.Cl.c1ccc2c(c1)CCCC2. The monoisotopic (exact) mass is 227 g/mol. The van der Waals surface area contributed by atoms with Crippen molar-refractivity contribution in [2.45, 2.75) is 25.7 Å². The normalized spacial score (nSPS) is 13.3. The van der Waals surface area contributed by atoms with Crippen LogP contribution in [-0.2, 0) is 12.8 Å². The summed E-state index contributed by atoms with van der Waals surface area (Å²) in [5.41, 5.74) is 3.16. The molecule has 0 amide bonds. The van der Waals surface area contributed by atoms with Gasteiger partial charge in [-0.05, 0) is 58.0 Å². The lowest BCUT2D eigenvalue weighted by atomic mass is 9.92. The smallest absolute Gasteiger partial charge is 0.0140 e. The first-order valence-corrected chi connectivity index (χ1v) is 5.38. The van der Waals surface area contributed by atoms with Crippen LogP contribution < -0.4 is 0 Å². The fourth-order valence-electron chi connectivity index (χ4n) is 1.68. The summed E-state index contributed by atoms with van der Waals surface area (Å²) in [7, 11) is 6.00. The van der Waals surface area contributed by atoms with Gasteiger partial charge in [0, 0.05) is 0 Å². The zero-order chi connectivity index (χ0) is 10.4. The quantitative estimate of drug-likeness (QED) is 0.658. The highest BCUT2D eigenvalue weighted by Crippen LogP contribution is 2.19. The molecule has 86 valence electrons. The van der Waals surface area contributed by atoms with E-state index in [1.165, 1.54) is 25.7 Å². The molecule has 1 aromatic carbocycles. The van der Waals surface area contributed by atoms with Gasteiger partial charge < -0.3 is 4.90 Å². The first-order chi connectivity index (χ1) is 6.70. The molecule has 1 aliphatic carbocycles. The van der Waals surface area contributed by atoms with Crippen LogP contribution in [-0.4, -0.2) is 26.0 Å². The van der Waals surface area contributed by atoms with E-state index in [1.807, 2.05) is 26.0 Å². The van der Waals surface area contributed by atoms with Gasteiger partial charge in [0.15, 0.2) is 0 Å².